The first-order chi connectivity index (χ1) is 7.47. The molecule has 0 spiro atoms. The SMILES string of the molecule is CCCNC1(C(F)(F)F)CC(C)(C)OC1(C)C. The predicted molar refractivity (Wildman–Crippen MR) is 60.9 cm³/mol. The second kappa shape index (κ2) is 4.12. The second-order valence-electron chi connectivity index (χ2n) is 5.88. The highest BCUT2D eigenvalue weighted by molar-refractivity contribution is 5.15. The Morgan fingerprint density at radius 3 is 2.00 bits per heavy atom. The molecule has 1 fully saturated rings. The molecule has 1 rings (SSSR count). The molecule has 2 nitrogen and oxygen atoms in total. The van der Waals surface area contributed by atoms with Crippen LogP contribution in [-0.2, 0) is 4.74 Å². The van der Waals surface area contributed by atoms with Crippen molar-refractivity contribution in [3.05, 3.63) is 0 Å². The smallest absolute Gasteiger partial charge is 0.367 e. The fourth-order valence-electron chi connectivity index (χ4n) is 2.82. The van der Waals surface area contributed by atoms with Crippen molar-refractivity contribution in [1.29, 1.82) is 0 Å². The first-order valence-corrected chi connectivity index (χ1v) is 5.99. The van der Waals surface area contributed by atoms with E-state index in [-0.39, 0.29) is 6.42 Å². The van der Waals surface area contributed by atoms with Gasteiger partial charge in [-0.3, -0.25) is 0 Å². The minimum atomic E-state index is -4.32. The molecule has 1 saturated heterocycles. The Labute approximate surface area is 101 Å². The minimum Gasteiger partial charge on any atom is -0.367 e. The average Bonchev–Trinajstić information content (AvgIpc) is 2.26. The van der Waals surface area contributed by atoms with Crippen molar-refractivity contribution in [2.24, 2.45) is 0 Å². The maximum atomic E-state index is 13.4. The van der Waals surface area contributed by atoms with E-state index >= 15 is 0 Å². The standard InChI is InChI=1S/C12H22F3NO/c1-6-7-16-11(12(13,14)15)8-9(2,3)17-10(11,4)5/h16H,6-8H2,1-5H3. The summed E-state index contributed by atoms with van der Waals surface area (Å²) in [6.07, 6.45) is -3.72. The Hall–Kier alpha value is -0.290. The Morgan fingerprint density at radius 1 is 1.18 bits per heavy atom. The lowest BCUT2D eigenvalue weighted by Crippen LogP contribution is -2.66. The van der Waals surface area contributed by atoms with Gasteiger partial charge in [0.25, 0.3) is 0 Å². The lowest BCUT2D eigenvalue weighted by Gasteiger charge is -2.41. The Bertz CT molecular complexity index is 286. The zero-order chi connectivity index (χ0) is 13.5. The quantitative estimate of drug-likeness (QED) is 0.833. The van der Waals surface area contributed by atoms with Gasteiger partial charge in [0.2, 0.25) is 0 Å². The topological polar surface area (TPSA) is 21.3 Å². The Balaban J connectivity index is 3.14. The van der Waals surface area contributed by atoms with E-state index in [0.717, 1.165) is 0 Å². The molecule has 0 radical (unpaired) electrons. The first kappa shape index (κ1) is 14.8. The highest BCUT2D eigenvalue weighted by Gasteiger charge is 2.69. The van der Waals surface area contributed by atoms with Gasteiger partial charge in [-0.05, 0) is 40.7 Å². The van der Waals surface area contributed by atoms with Gasteiger partial charge in [-0.2, -0.15) is 13.2 Å². The molecule has 1 unspecified atom stereocenters. The van der Waals surface area contributed by atoms with Crippen LogP contribution >= 0.6 is 0 Å². The maximum absolute atomic E-state index is 13.4. The third-order valence-electron chi connectivity index (χ3n) is 3.41. The number of nitrogens with one attached hydrogen (secondary N) is 1. The fraction of sp³-hybridized carbons (Fsp3) is 1.00. The number of hydrogen-bond donors (Lipinski definition) is 1. The van der Waals surface area contributed by atoms with Gasteiger partial charge in [-0.25, -0.2) is 0 Å². The summed E-state index contributed by atoms with van der Waals surface area (Å²) in [7, 11) is 0. The molecular formula is C12H22F3NO. The highest BCUT2D eigenvalue weighted by Crippen LogP contribution is 2.52. The number of hydrogen-bond acceptors (Lipinski definition) is 2. The van der Waals surface area contributed by atoms with Gasteiger partial charge in [0.05, 0.1) is 11.2 Å². The van der Waals surface area contributed by atoms with E-state index in [2.05, 4.69) is 5.32 Å². The molecule has 0 saturated carbocycles. The van der Waals surface area contributed by atoms with E-state index in [1.807, 2.05) is 6.92 Å². The van der Waals surface area contributed by atoms with Crippen LogP contribution < -0.4 is 5.32 Å². The molecule has 0 aliphatic carbocycles. The molecule has 1 heterocycles. The van der Waals surface area contributed by atoms with Crippen molar-refractivity contribution < 1.29 is 17.9 Å². The van der Waals surface area contributed by atoms with Crippen molar-refractivity contribution in [1.82, 2.24) is 5.32 Å². The summed E-state index contributed by atoms with van der Waals surface area (Å²) in [5.41, 5.74) is -3.98. The molecule has 0 bridgehead atoms. The zero-order valence-corrected chi connectivity index (χ0v) is 11.2. The van der Waals surface area contributed by atoms with Crippen LogP contribution in [0.1, 0.15) is 47.5 Å². The van der Waals surface area contributed by atoms with Crippen LogP contribution in [0.5, 0.6) is 0 Å². The van der Waals surface area contributed by atoms with Gasteiger partial charge in [-0.15, -0.1) is 0 Å². The van der Waals surface area contributed by atoms with Gasteiger partial charge in [-0.1, -0.05) is 6.92 Å². The largest absolute Gasteiger partial charge is 0.409 e. The Morgan fingerprint density at radius 2 is 1.71 bits per heavy atom. The van der Waals surface area contributed by atoms with Gasteiger partial charge in [0.15, 0.2) is 0 Å². The monoisotopic (exact) mass is 253 g/mol. The van der Waals surface area contributed by atoms with Crippen LogP contribution in [0.15, 0.2) is 0 Å². The van der Waals surface area contributed by atoms with Gasteiger partial charge < -0.3 is 10.1 Å². The van der Waals surface area contributed by atoms with Crippen molar-refractivity contribution in [3.63, 3.8) is 0 Å². The molecule has 1 aliphatic heterocycles. The summed E-state index contributed by atoms with van der Waals surface area (Å²) >= 11 is 0. The summed E-state index contributed by atoms with van der Waals surface area (Å²) in [5, 5.41) is 2.68. The van der Waals surface area contributed by atoms with E-state index in [9.17, 15) is 13.2 Å². The number of ether oxygens (including phenoxy) is 1. The van der Waals surface area contributed by atoms with E-state index in [0.29, 0.717) is 13.0 Å². The number of halogens is 3. The summed E-state index contributed by atoms with van der Waals surface area (Å²) in [6.45, 7) is 8.62. The lowest BCUT2D eigenvalue weighted by molar-refractivity contribution is -0.229. The molecule has 1 aliphatic rings. The summed E-state index contributed by atoms with van der Waals surface area (Å²) < 4.78 is 45.9. The number of alkyl halides is 3. The second-order valence-corrected chi connectivity index (χ2v) is 5.88. The van der Waals surface area contributed by atoms with Gasteiger partial charge in [0, 0.05) is 6.42 Å². The third-order valence-corrected chi connectivity index (χ3v) is 3.41. The molecule has 0 aromatic rings. The molecule has 1 N–H and O–H groups in total. The molecule has 5 heteroatoms. The van der Waals surface area contributed by atoms with Gasteiger partial charge in [0.1, 0.15) is 5.54 Å². The van der Waals surface area contributed by atoms with E-state index in [1.165, 1.54) is 13.8 Å². The maximum Gasteiger partial charge on any atom is 0.409 e. The minimum absolute atomic E-state index is 0.0590. The van der Waals surface area contributed by atoms with Crippen LogP contribution in [0, 0.1) is 0 Å². The third kappa shape index (κ3) is 2.45. The molecule has 0 amide bonds. The van der Waals surface area contributed by atoms with Crippen LogP contribution in [0.3, 0.4) is 0 Å². The zero-order valence-electron chi connectivity index (χ0n) is 11.2. The summed E-state index contributed by atoms with van der Waals surface area (Å²) in [4.78, 5) is 0. The van der Waals surface area contributed by atoms with Crippen molar-refractivity contribution in [2.45, 2.75) is 70.4 Å². The molecule has 0 aromatic heterocycles. The first-order valence-electron chi connectivity index (χ1n) is 5.99. The summed E-state index contributed by atoms with van der Waals surface area (Å²) in [5.74, 6) is 0. The van der Waals surface area contributed by atoms with E-state index in [4.69, 9.17) is 4.74 Å². The van der Waals surface area contributed by atoms with Crippen molar-refractivity contribution >= 4 is 0 Å². The van der Waals surface area contributed by atoms with Crippen LogP contribution in [0.2, 0.25) is 0 Å². The normalized spacial score (nSPS) is 31.8. The molecule has 17 heavy (non-hydrogen) atoms. The Kier molecular flexibility index (Phi) is 3.58. The van der Waals surface area contributed by atoms with Gasteiger partial charge >= 0.3 is 6.18 Å². The predicted octanol–water partition coefficient (Wildman–Crippen LogP) is 3.26. The molecule has 0 aromatic carbocycles. The van der Waals surface area contributed by atoms with Crippen molar-refractivity contribution in [3.8, 4) is 0 Å². The van der Waals surface area contributed by atoms with Crippen LogP contribution in [0.25, 0.3) is 0 Å². The highest BCUT2D eigenvalue weighted by atomic mass is 19.4. The fourth-order valence-corrected chi connectivity index (χ4v) is 2.82. The molecular weight excluding hydrogens is 231 g/mol. The van der Waals surface area contributed by atoms with Crippen molar-refractivity contribution in [2.75, 3.05) is 6.54 Å². The average molecular weight is 253 g/mol. The van der Waals surface area contributed by atoms with E-state index < -0.39 is 22.9 Å². The lowest BCUT2D eigenvalue weighted by atomic mass is 9.78. The van der Waals surface area contributed by atoms with Crippen LogP contribution in [0.4, 0.5) is 13.2 Å². The molecule has 1 atom stereocenters. The van der Waals surface area contributed by atoms with E-state index in [1.54, 1.807) is 13.8 Å². The van der Waals surface area contributed by atoms with Crippen LogP contribution in [-0.4, -0.2) is 29.5 Å². The summed E-state index contributed by atoms with van der Waals surface area (Å²) in [6, 6.07) is 0. The molecule has 102 valence electrons. The number of rotatable bonds is 3.